The topological polar surface area (TPSA) is 79.2 Å². The van der Waals surface area contributed by atoms with Crippen molar-refractivity contribution in [3.8, 4) is 5.69 Å². The first-order valence-electron chi connectivity index (χ1n) is 13.6. The lowest BCUT2D eigenvalue weighted by Crippen LogP contribution is -2.44. The number of benzene rings is 1. The van der Waals surface area contributed by atoms with E-state index in [0.717, 1.165) is 72.7 Å². The Morgan fingerprint density at radius 3 is 2.56 bits per heavy atom. The number of para-hydroxylation sites is 1. The van der Waals surface area contributed by atoms with Crippen molar-refractivity contribution in [3.05, 3.63) is 41.7 Å². The van der Waals surface area contributed by atoms with Gasteiger partial charge in [0.15, 0.2) is 5.82 Å². The van der Waals surface area contributed by atoms with Crippen LogP contribution in [0.2, 0.25) is 0 Å². The van der Waals surface area contributed by atoms with Crippen LogP contribution in [-0.2, 0) is 4.79 Å². The molecule has 1 amide bonds. The van der Waals surface area contributed by atoms with Crippen molar-refractivity contribution in [2.45, 2.75) is 58.8 Å². The Balaban J connectivity index is 1.25. The number of hydrogen-bond acceptors (Lipinski definition) is 6. The van der Waals surface area contributed by atoms with Crippen LogP contribution in [-0.4, -0.2) is 70.1 Å². The molecule has 1 aromatic carbocycles. The number of carbonyl (C=O) groups excluding carboxylic acids is 1. The number of rotatable bonds is 7. The molecule has 36 heavy (non-hydrogen) atoms. The van der Waals surface area contributed by atoms with E-state index in [1.165, 1.54) is 38.8 Å². The van der Waals surface area contributed by atoms with Crippen molar-refractivity contribution in [2.24, 2.45) is 5.92 Å². The lowest BCUT2D eigenvalue weighted by atomic mass is 9.97. The molecule has 0 aliphatic carbocycles. The van der Waals surface area contributed by atoms with Crippen molar-refractivity contribution in [1.82, 2.24) is 30.2 Å². The highest BCUT2D eigenvalue weighted by atomic mass is 16.1. The minimum Gasteiger partial charge on any atom is -0.356 e. The van der Waals surface area contributed by atoms with Crippen molar-refractivity contribution < 1.29 is 4.79 Å². The second-order valence-corrected chi connectivity index (χ2v) is 10.4. The zero-order chi connectivity index (χ0) is 24.9. The molecule has 4 heterocycles. The molecule has 8 heteroatoms. The molecule has 0 bridgehead atoms. The third-order valence-electron chi connectivity index (χ3n) is 7.73. The van der Waals surface area contributed by atoms with E-state index in [9.17, 15) is 4.79 Å². The summed E-state index contributed by atoms with van der Waals surface area (Å²) in [5.41, 5.74) is 3.82. The van der Waals surface area contributed by atoms with Gasteiger partial charge in [-0.05, 0) is 77.7 Å². The molecule has 3 aromatic rings. The number of nitrogens with zero attached hydrogens (tertiary/aromatic N) is 6. The van der Waals surface area contributed by atoms with E-state index in [1.807, 2.05) is 29.8 Å². The van der Waals surface area contributed by atoms with Crippen molar-refractivity contribution in [1.29, 1.82) is 0 Å². The molecule has 0 spiro atoms. The molecular formula is C28H39N7O. The largest absolute Gasteiger partial charge is 0.356 e. The number of carbonyl (C=O) groups is 1. The Morgan fingerprint density at radius 2 is 1.78 bits per heavy atom. The third-order valence-corrected chi connectivity index (χ3v) is 7.73. The van der Waals surface area contributed by atoms with Crippen LogP contribution in [0.4, 0.5) is 5.82 Å². The van der Waals surface area contributed by atoms with Gasteiger partial charge in [0.2, 0.25) is 5.91 Å². The molecular weight excluding hydrogens is 450 g/mol. The number of nitrogens with one attached hydrogen (secondary N) is 1. The number of fused-ring (bicyclic) bond motifs is 1. The van der Waals surface area contributed by atoms with Gasteiger partial charge < -0.3 is 15.1 Å². The second kappa shape index (κ2) is 11.4. The van der Waals surface area contributed by atoms with Crippen LogP contribution in [0.3, 0.4) is 0 Å². The molecule has 5 rings (SSSR count). The quantitative estimate of drug-likeness (QED) is 0.505. The number of likely N-dealkylation sites (tertiary alicyclic amines) is 1. The van der Waals surface area contributed by atoms with E-state index in [1.54, 1.807) is 0 Å². The van der Waals surface area contributed by atoms with E-state index in [4.69, 9.17) is 5.10 Å². The molecule has 8 nitrogen and oxygen atoms in total. The summed E-state index contributed by atoms with van der Waals surface area (Å²) in [5, 5.41) is 18.3. The summed E-state index contributed by atoms with van der Waals surface area (Å²) in [4.78, 5) is 17.8. The summed E-state index contributed by atoms with van der Waals surface area (Å²) in [7, 11) is 0. The first kappa shape index (κ1) is 24.7. The van der Waals surface area contributed by atoms with E-state index in [2.05, 4.69) is 44.4 Å². The van der Waals surface area contributed by atoms with Crippen LogP contribution in [0.5, 0.6) is 0 Å². The normalized spacial score (nSPS) is 19.4. The summed E-state index contributed by atoms with van der Waals surface area (Å²) < 4.78 is 1.98. The zero-order valence-corrected chi connectivity index (χ0v) is 21.7. The monoisotopic (exact) mass is 489 g/mol. The van der Waals surface area contributed by atoms with Gasteiger partial charge in [0.25, 0.3) is 0 Å². The van der Waals surface area contributed by atoms with E-state index in [0.29, 0.717) is 6.54 Å². The van der Waals surface area contributed by atoms with Gasteiger partial charge >= 0.3 is 0 Å². The highest BCUT2D eigenvalue weighted by Gasteiger charge is 2.29. The first-order chi connectivity index (χ1) is 17.6. The molecule has 2 aliphatic heterocycles. The summed E-state index contributed by atoms with van der Waals surface area (Å²) in [6, 6.07) is 10.2. The summed E-state index contributed by atoms with van der Waals surface area (Å²) in [6.45, 7) is 9.83. The average molecular weight is 490 g/mol. The van der Waals surface area contributed by atoms with Crippen LogP contribution in [0.15, 0.2) is 30.3 Å². The van der Waals surface area contributed by atoms with Gasteiger partial charge in [0.1, 0.15) is 5.52 Å². The second-order valence-electron chi connectivity index (χ2n) is 10.4. The molecule has 1 atom stereocenters. The van der Waals surface area contributed by atoms with Gasteiger partial charge in [0, 0.05) is 19.6 Å². The SMILES string of the molecule is Cc1nnc(N2CCCC(C(=O)NCCCN3CCCCCC3)C2)c2nn(-c3ccccc3)c(C)c12. The summed E-state index contributed by atoms with van der Waals surface area (Å²) in [6.07, 6.45) is 8.22. The van der Waals surface area contributed by atoms with E-state index < -0.39 is 0 Å². The van der Waals surface area contributed by atoms with E-state index >= 15 is 0 Å². The number of aromatic nitrogens is 4. The summed E-state index contributed by atoms with van der Waals surface area (Å²) in [5.74, 6) is 0.914. The van der Waals surface area contributed by atoms with Gasteiger partial charge in [-0.15, -0.1) is 5.10 Å². The molecule has 0 radical (unpaired) electrons. The van der Waals surface area contributed by atoms with Gasteiger partial charge in [-0.3, -0.25) is 4.79 Å². The predicted octanol–water partition coefficient (Wildman–Crippen LogP) is 4.03. The van der Waals surface area contributed by atoms with Crippen LogP contribution in [0.1, 0.15) is 56.3 Å². The fourth-order valence-electron chi connectivity index (χ4n) is 5.75. The highest BCUT2D eigenvalue weighted by Crippen LogP contribution is 2.31. The van der Waals surface area contributed by atoms with Crippen molar-refractivity contribution >= 4 is 22.6 Å². The number of anilines is 1. The Hall–Kier alpha value is -3.00. The lowest BCUT2D eigenvalue weighted by Gasteiger charge is -2.32. The maximum absolute atomic E-state index is 13.0. The molecule has 2 fully saturated rings. The predicted molar refractivity (Wildman–Crippen MR) is 144 cm³/mol. The Labute approximate surface area is 214 Å². The number of amides is 1. The Bertz CT molecular complexity index is 1170. The van der Waals surface area contributed by atoms with Crippen molar-refractivity contribution in [3.63, 3.8) is 0 Å². The van der Waals surface area contributed by atoms with Crippen LogP contribution < -0.4 is 10.2 Å². The Kier molecular flexibility index (Phi) is 7.80. The smallest absolute Gasteiger partial charge is 0.224 e. The molecule has 2 saturated heterocycles. The average Bonchev–Trinajstić information content (AvgIpc) is 3.07. The standard InChI is InChI=1S/C28H39N7O/c1-21-25-22(2)35(24-13-6-5-7-14-24)32-26(25)27(31-30-21)34-19-10-12-23(20-34)28(36)29-15-11-18-33-16-8-3-4-9-17-33/h5-7,13-14,23H,3-4,8-12,15-20H2,1-2H3,(H,29,36). The van der Waals surface area contributed by atoms with Gasteiger partial charge in [0.05, 0.1) is 28.4 Å². The van der Waals surface area contributed by atoms with Gasteiger partial charge in [-0.25, -0.2) is 4.68 Å². The molecule has 2 aromatic heterocycles. The molecule has 1 unspecified atom stereocenters. The fraction of sp³-hybridized carbons (Fsp3) is 0.571. The van der Waals surface area contributed by atoms with Gasteiger partial charge in [-0.1, -0.05) is 31.0 Å². The summed E-state index contributed by atoms with van der Waals surface area (Å²) >= 11 is 0. The maximum Gasteiger partial charge on any atom is 0.224 e. The van der Waals surface area contributed by atoms with Gasteiger partial charge in [-0.2, -0.15) is 10.2 Å². The minimum atomic E-state index is -0.0348. The maximum atomic E-state index is 13.0. The Morgan fingerprint density at radius 1 is 1.00 bits per heavy atom. The fourth-order valence-corrected chi connectivity index (χ4v) is 5.75. The number of aryl methyl sites for hydroxylation is 2. The highest BCUT2D eigenvalue weighted by molar-refractivity contribution is 5.92. The lowest BCUT2D eigenvalue weighted by molar-refractivity contribution is -0.125. The molecule has 0 saturated carbocycles. The first-order valence-corrected chi connectivity index (χ1v) is 13.6. The number of hydrogen-bond donors (Lipinski definition) is 1. The van der Waals surface area contributed by atoms with E-state index in [-0.39, 0.29) is 11.8 Å². The van der Waals surface area contributed by atoms with Crippen LogP contribution in [0, 0.1) is 19.8 Å². The van der Waals surface area contributed by atoms with Crippen LogP contribution >= 0.6 is 0 Å². The third kappa shape index (κ3) is 5.38. The minimum absolute atomic E-state index is 0.0348. The van der Waals surface area contributed by atoms with Crippen molar-refractivity contribution in [2.75, 3.05) is 44.2 Å². The number of piperidine rings is 1. The molecule has 2 aliphatic rings. The molecule has 192 valence electrons. The zero-order valence-electron chi connectivity index (χ0n) is 21.7. The molecule has 1 N–H and O–H groups in total. The van der Waals surface area contributed by atoms with Crippen LogP contribution in [0.25, 0.3) is 16.6 Å².